The fourth-order valence-corrected chi connectivity index (χ4v) is 3.29. The number of nitrogens with one attached hydrogen (secondary N) is 2. The number of nitrogens with zero attached hydrogens (tertiary/aromatic N) is 2. The molecule has 2 aromatic rings. The number of anilines is 2. The van der Waals surface area contributed by atoms with Gasteiger partial charge in [-0.15, -0.1) is 0 Å². The number of amides is 1. The Bertz CT molecular complexity index is 865. The number of hydrogen-bond acceptors (Lipinski definition) is 6. The van der Waals surface area contributed by atoms with Gasteiger partial charge in [0.1, 0.15) is 17.2 Å². The van der Waals surface area contributed by atoms with Gasteiger partial charge in [-0.25, -0.2) is 0 Å². The van der Waals surface area contributed by atoms with Gasteiger partial charge in [0.05, 0.1) is 50.0 Å². The van der Waals surface area contributed by atoms with Crippen LogP contribution in [0.2, 0.25) is 0 Å². The number of carbonyl (C=O) groups is 1. The van der Waals surface area contributed by atoms with Crippen molar-refractivity contribution in [2.75, 3.05) is 50.1 Å². The maximum Gasteiger partial charge on any atom is 0.296 e. The minimum atomic E-state index is -0.546. The van der Waals surface area contributed by atoms with Gasteiger partial charge in [0, 0.05) is 0 Å². The molecule has 28 heavy (non-hydrogen) atoms. The summed E-state index contributed by atoms with van der Waals surface area (Å²) >= 11 is 0. The van der Waals surface area contributed by atoms with Crippen molar-refractivity contribution in [1.82, 2.24) is 0 Å². The summed E-state index contributed by atoms with van der Waals surface area (Å²) in [6.07, 6.45) is 0. The second-order valence-corrected chi connectivity index (χ2v) is 6.59. The second-order valence-electron chi connectivity index (χ2n) is 6.59. The van der Waals surface area contributed by atoms with Gasteiger partial charge in [0.25, 0.3) is 11.6 Å². The zero-order valence-electron chi connectivity index (χ0n) is 15.6. The molecule has 1 fully saturated rings. The molecule has 1 aliphatic rings. The summed E-state index contributed by atoms with van der Waals surface area (Å²) in [5, 5.41) is 23.8. The molecule has 0 bridgehead atoms. The van der Waals surface area contributed by atoms with Gasteiger partial charge in [0.15, 0.2) is 6.54 Å². The Morgan fingerprint density at radius 1 is 1.29 bits per heavy atom. The average Bonchev–Trinajstić information content (AvgIpc) is 2.69. The number of carbonyl (C=O) groups excluding carboxylic acids is 1. The van der Waals surface area contributed by atoms with E-state index >= 15 is 0 Å². The number of aromatic hydroxyl groups is 1. The van der Waals surface area contributed by atoms with Crippen LogP contribution in [-0.4, -0.2) is 55.8 Å². The van der Waals surface area contributed by atoms with Crippen LogP contribution in [0, 0.1) is 10.1 Å². The first-order valence-corrected chi connectivity index (χ1v) is 8.96. The number of ether oxygens (including phenoxy) is 1. The van der Waals surface area contributed by atoms with Crippen molar-refractivity contribution in [1.29, 1.82) is 0 Å². The minimum absolute atomic E-state index is 0.156. The van der Waals surface area contributed by atoms with Crippen molar-refractivity contribution in [2.45, 2.75) is 0 Å². The number of phenols is 1. The van der Waals surface area contributed by atoms with Crippen LogP contribution in [0.1, 0.15) is 0 Å². The van der Waals surface area contributed by atoms with Crippen LogP contribution in [0.15, 0.2) is 42.5 Å². The number of phenolic OH excluding ortho intramolecular Hbond substituents is 1. The number of hydrogen-bond donors (Lipinski definition) is 3. The Morgan fingerprint density at radius 3 is 2.64 bits per heavy atom. The molecular weight excluding hydrogens is 364 g/mol. The summed E-state index contributed by atoms with van der Waals surface area (Å²) in [6.45, 7) is 3.10. The van der Waals surface area contributed by atoms with E-state index in [2.05, 4.69) is 10.2 Å². The number of para-hydroxylation sites is 2. The van der Waals surface area contributed by atoms with Crippen LogP contribution in [-0.2, 0) is 4.79 Å². The molecule has 148 valence electrons. The van der Waals surface area contributed by atoms with E-state index in [0.717, 1.165) is 23.7 Å². The van der Waals surface area contributed by atoms with Crippen LogP contribution in [0.3, 0.4) is 0 Å². The van der Waals surface area contributed by atoms with Crippen molar-refractivity contribution in [3.8, 4) is 11.5 Å². The first-order valence-electron chi connectivity index (χ1n) is 8.96. The molecule has 0 saturated carbocycles. The predicted molar refractivity (Wildman–Crippen MR) is 104 cm³/mol. The summed E-state index contributed by atoms with van der Waals surface area (Å²) in [4.78, 5) is 26.2. The van der Waals surface area contributed by atoms with Crippen LogP contribution in [0.5, 0.6) is 11.5 Å². The third kappa shape index (κ3) is 4.49. The molecule has 9 heteroatoms. The molecule has 1 amide bonds. The van der Waals surface area contributed by atoms with E-state index in [9.17, 15) is 20.0 Å². The van der Waals surface area contributed by atoms with Crippen molar-refractivity contribution >= 4 is 23.0 Å². The highest BCUT2D eigenvalue weighted by Crippen LogP contribution is 2.29. The molecule has 0 atom stereocenters. The molecule has 0 unspecified atom stereocenters. The van der Waals surface area contributed by atoms with Crippen LogP contribution >= 0.6 is 0 Å². The van der Waals surface area contributed by atoms with Gasteiger partial charge in [-0.2, -0.15) is 0 Å². The van der Waals surface area contributed by atoms with Crippen molar-refractivity contribution in [3.63, 3.8) is 0 Å². The molecular formula is C19H23N4O5+. The highest BCUT2D eigenvalue weighted by molar-refractivity contribution is 5.93. The Morgan fingerprint density at radius 2 is 2.00 bits per heavy atom. The Kier molecular flexibility index (Phi) is 5.95. The molecule has 0 radical (unpaired) electrons. The van der Waals surface area contributed by atoms with Crippen LogP contribution < -0.4 is 19.9 Å². The Balaban J connectivity index is 1.57. The first-order chi connectivity index (χ1) is 13.5. The SMILES string of the molecule is COc1ccc(NC(=O)C[NH+]2CCN(c3ccccc3O)CC2)c([N+](=O)[O-])c1. The molecule has 0 aliphatic carbocycles. The van der Waals surface area contributed by atoms with Gasteiger partial charge >= 0.3 is 0 Å². The maximum atomic E-state index is 12.4. The summed E-state index contributed by atoms with van der Waals surface area (Å²) in [5.74, 6) is 0.324. The summed E-state index contributed by atoms with van der Waals surface area (Å²) in [7, 11) is 1.43. The molecule has 0 aromatic heterocycles. The van der Waals surface area contributed by atoms with Crippen LogP contribution in [0.25, 0.3) is 0 Å². The number of methoxy groups -OCH3 is 1. The Hall–Kier alpha value is -3.33. The van der Waals surface area contributed by atoms with E-state index in [-0.39, 0.29) is 29.6 Å². The van der Waals surface area contributed by atoms with E-state index in [1.807, 2.05) is 12.1 Å². The number of nitro groups is 1. The van der Waals surface area contributed by atoms with E-state index in [1.165, 1.54) is 19.2 Å². The lowest BCUT2D eigenvalue weighted by atomic mass is 10.2. The number of quaternary nitrogens is 1. The minimum Gasteiger partial charge on any atom is -0.506 e. The number of nitro benzene ring substituents is 1. The highest BCUT2D eigenvalue weighted by Gasteiger charge is 2.25. The molecule has 1 heterocycles. The second kappa shape index (κ2) is 8.57. The number of benzene rings is 2. The summed E-state index contributed by atoms with van der Waals surface area (Å²) in [6, 6.07) is 11.5. The number of piperazine rings is 1. The molecule has 9 nitrogen and oxygen atoms in total. The number of rotatable bonds is 6. The third-order valence-corrected chi connectivity index (χ3v) is 4.78. The molecule has 1 saturated heterocycles. The van der Waals surface area contributed by atoms with Gasteiger partial charge in [-0.3, -0.25) is 14.9 Å². The average molecular weight is 387 g/mol. The van der Waals surface area contributed by atoms with Gasteiger partial charge in [0.2, 0.25) is 0 Å². The van der Waals surface area contributed by atoms with Gasteiger partial charge < -0.3 is 25.0 Å². The van der Waals surface area contributed by atoms with E-state index < -0.39 is 4.92 Å². The third-order valence-electron chi connectivity index (χ3n) is 4.78. The quantitative estimate of drug-likeness (QED) is 0.496. The van der Waals surface area contributed by atoms with Crippen molar-refractivity contribution in [2.24, 2.45) is 0 Å². The van der Waals surface area contributed by atoms with E-state index in [0.29, 0.717) is 18.8 Å². The van der Waals surface area contributed by atoms with Gasteiger partial charge in [-0.05, 0) is 24.3 Å². The molecule has 0 spiro atoms. The Labute approximate surface area is 162 Å². The smallest absolute Gasteiger partial charge is 0.296 e. The fraction of sp³-hybridized carbons (Fsp3) is 0.316. The zero-order valence-corrected chi connectivity index (χ0v) is 15.6. The standard InChI is InChI=1S/C19H22N4O5/c1-28-14-6-7-15(17(12-14)23(26)27)20-19(25)13-21-8-10-22(11-9-21)16-4-2-3-5-18(16)24/h2-7,12,24H,8-11,13H2,1H3,(H,20,25)/p+1. The van der Waals surface area contributed by atoms with E-state index in [4.69, 9.17) is 4.74 Å². The van der Waals surface area contributed by atoms with E-state index in [1.54, 1.807) is 18.2 Å². The highest BCUT2D eigenvalue weighted by atomic mass is 16.6. The van der Waals surface area contributed by atoms with Crippen molar-refractivity contribution < 1.29 is 24.5 Å². The summed E-state index contributed by atoms with van der Waals surface area (Å²) in [5.41, 5.74) is 0.745. The molecule has 3 N–H and O–H groups in total. The lowest BCUT2D eigenvalue weighted by Crippen LogP contribution is -3.15. The normalized spacial score (nSPS) is 14.5. The van der Waals surface area contributed by atoms with Gasteiger partial charge in [-0.1, -0.05) is 12.1 Å². The lowest BCUT2D eigenvalue weighted by molar-refractivity contribution is -0.892. The largest absolute Gasteiger partial charge is 0.506 e. The predicted octanol–water partition coefficient (Wildman–Crippen LogP) is 0.653. The molecule has 1 aliphatic heterocycles. The molecule has 2 aromatic carbocycles. The van der Waals surface area contributed by atoms with Crippen molar-refractivity contribution in [3.05, 3.63) is 52.6 Å². The topological polar surface area (TPSA) is 109 Å². The maximum absolute atomic E-state index is 12.4. The fourth-order valence-electron chi connectivity index (χ4n) is 3.29. The first kappa shape index (κ1) is 19.4. The van der Waals surface area contributed by atoms with Crippen LogP contribution in [0.4, 0.5) is 17.1 Å². The lowest BCUT2D eigenvalue weighted by Gasteiger charge is -2.33. The molecule has 3 rings (SSSR count). The monoisotopic (exact) mass is 387 g/mol. The summed E-state index contributed by atoms with van der Waals surface area (Å²) < 4.78 is 5.00. The zero-order chi connectivity index (χ0) is 20.1.